The highest BCUT2D eigenvalue weighted by molar-refractivity contribution is 14.1. The van der Waals surface area contributed by atoms with Gasteiger partial charge in [0.25, 0.3) is 0 Å². The number of nitrogens with one attached hydrogen (secondary N) is 1. The van der Waals surface area contributed by atoms with E-state index in [1.807, 2.05) is 18.2 Å². The Morgan fingerprint density at radius 2 is 2.17 bits per heavy atom. The van der Waals surface area contributed by atoms with Crippen molar-refractivity contribution in [1.82, 2.24) is 0 Å². The van der Waals surface area contributed by atoms with Crippen molar-refractivity contribution in [2.45, 2.75) is 25.7 Å². The first-order valence-corrected chi connectivity index (χ1v) is 8.26. The highest BCUT2D eigenvalue weighted by Gasteiger charge is 2.43. The van der Waals surface area contributed by atoms with Gasteiger partial charge < -0.3 is 5.32 Å². The Labute approximate surface area is 129 Å². The first-order valence-electron chi connectivity index (χ1n) is 6.39. The largest absolute Gasteiger partial charge is 0.325 e. The summed E-state index contributed by atoms with van der Waals surface area (Å²) in [6.07, 6.45) is 4.95. The van der Waals surface area contributed by atoms with Gasteiger partial charge in [-0.15, -0.1) is 0 Å². The molecule has 3 atom stereocenters. The Balaban J connectivity index is 1.72. The lowest BCUT2D eigenvalue weighted by molar-refractivity contribution is -0.121. The van der Waals surface area contributed by atoms with E-state index in [2.05, 4.69) is 43.8 Å². The van der Waals surface area contributed by atoms with Crippen LogP contribution in [0.4, 0.5) is 5.69 Å². The van der Waals surface area contributed by atoms with Gasteiger partial charge in [0, 0.05) is 14.0 Å². The van der Waals surface area contributed by atoms with Gasteiger partial charge in [0.2, 0.25) is 5.91 Å². The molecule has 0 aliphatic heterocycles. The molecule has 96 valence electrons. The zero-order chi connectivity index (χ0) is 12.7. The molecule has 1 N–H and O–H groups in total. The normalized spacial score (nSPS) is 29.6. The number of hydrogen-bond donors (Lipinski definition) is 1. The maximum absolute atomic E-state index is 12.3. The van der Waals surface area contributed by atoms with E-state index in [9.17, 15) is 4.79 Å². The molecule has 0 radical (unpaired) electrons. The van der Waals surface area contributed by atoms with Crippen molar-refractivity contribution in [3.8, 4) is 0 Å². The quantitative estimate of drug-likeness (QED) is 0.706. The minimum Gasteiger partial charge on any atom is -0.325 e. The molecule has 2 bridgehead atoms. The Kier molecular flexibility index (Phi) is 3.67. The third-order valence-electron chi connectivity index (χ3n) is 4.26. The standard InChI is InChI=1S/C14H15BrINO/c15-10-3-4-12(16)13(7-10)17-14(18)11-6-8-1-2-9(11)5-8/h3-4,7-9,11H,1-2,5-6H2,(H,17,18)/t8-,9-,11-/m0/s1. The third-order valence-corrected chi connectivity index (χ3v) is 5.70. The Morgan fingerprint density at radius 1 is 1.33 bits per heavy atom. The summed E-state index contributed by atoms with van der Waals surface area (Å²) in [4.78, 5) is 12.3. The Morgan fingerprint density at radius 3 is 2.83 bits per heavy atom. The molecule has 2 nitrogen and oxygen atoms in total. The third kappa shape index (κ3) is 2.46. The van der Waals surface area contributed by atoms with Gasteiger partial charge in [0.1, 0.15) is 0 Å². The minimum absolute atomic E-state index is 0.221. The first kappa shape index (κ1) is 12.9. The van der Waals surface area contributed by atoms with Crippen LogP contribution in [-0.2, 0) is 4.79 Å². The number of carbonyl (C=O) groups excluding carboxylic acids is 1. The summed E-state index contributed by atoms with van der Waals surface area (Å²) in [5, 5.41) is 3.10. The van der Waals surface area contributed by atoms with Crippen LogP contribution in [0.2, 0.25) is 0 Å². The number of rotatable bonds is 2. The van der Waals surface area contributed by atoms with Gasteiger partial charge in [-0.05, 0) is 71.9 Å². The summed E-state index contributed by atoms with van der Waals surface area (Å²) < 4.78 is 2.10. The smallest absolute Gasteiger partial charge is 0.227 e. The molecule has 1 amide bonds. The lowest BCUT2D eigenvalue weighted by Gasteiger charge is -2.21. The van der Waals surface area contributed by atoms with E-state index < -0.39 is 0 Å². The zero-order valence-electron chi connectivity index (χ0n) is 9.96. The Bertz CT molecular complexity index is 491. The number of fused-ring (bicyclic) bond motifs is 2. The molecule has 0 saturated heterocycles. The molecular formula is C14H15BrINO. The van der Waals surface area contributed by atoms with Gasteiger partial charge in [0.05, 0.1) is 5.69 Å². The fourth-order valence-corrected chi connectivity index (χ4v) is 4.22. The molecule has 3 rings (SSSR count). The molecule has 1 aromatic rings. The van der Waals surface area contributed by atoms with Gasteiger partial charge in [-0.25, -0.2) is 0 Å². The van der Waals surface area contributed by atoms with Crippen LogP contribution in [0.5, 0.6) is 0 Å². The van der Waals surface area contributed by atoms with Gasteiger partial charge >= 0.3 is 0 Å². The van der Waals surface area contributed by atoms with E-state index in [1.54, 1.807) is 0 Å². The first-order chi connectivity index (χ1) is 8.63. The maximum atomic E-state index is 12.3. The van der Waals surface area contributed by atoms with Gasteiger partial charge in [-0.3, -0.25) is 4.79 Å². The zero-order valence-corrected chi connectivity index (χ0v) is 13.7. The topological polar surface area (TPSA) is 29.1 Å². The van der Waals surface area contributed by atoms with Crippen molar-refractivity contribution in [2.24, 2.45) is 17.8 Å². The summed E-state index contributed by atoms with van der Waals surface area (Å²) in [7, 11) is 0. The van der Waals surface area contributed by atoms with Crippen LogP contribution in [0.15, 0.2) is 22.7 Å². The number of amides is 1. The molecule has 0 heterocycles. The molecule has 2 aliphatic carbocycles. The molecule has 18 heavy (non-hydrogen) atoms. The number of halogens is 2. The highest BCUT2D eigenvalue weighted by atomic mass is 127. The molecule has 4 heteroatoms. The van der Waals surface area contributed by atoms with Crippen LogP contribution >= 0.6 is 38.5 Å². The minimum atomic E-state index is 0.221. The van der Waals surface area contributed by atoms with Crippen LogP contribution in [-0.4, -0.2) is 5.91 Å². The Hall–Kier alpha value is -0.100. The molecule has 0 unspecified atom stereocenters. The van der Waals surface area contributed by atoms with Crippen molar-refractivity contribution in [3.05, 3.63) is 26.2 Å². The molecule has 2 fully saturated rings. The van der Waals surface area contributed by atoms with Crippen LogP contribution < -0.4 is 5.32 Å². The fourth-order valence-electron chi connectivity index (χ4n) is 3.38. The highest BCUT2D eigenvalue weighted by Crippen LogP contribution is 2.48. The van der Waals surface area contributed by atoms with Crippen molar-refractivity contribution in [1.29, 1.82) is 0 Å². The van der Waals surface area contributed by atoms with E-state index in [0.717, 1.165) is 26.1 Å². The summed E-state index contributed by atoms with van der Waals surface area (Å²) in [5.41, 5.74) is 0.928. The fraction of sp³-hybridized carbons (Fsp3) is 0.500. The van der Waals surface area contributed by atoms with E-state index in [0.29, 0.717) is 5.92 Å². The number of benzene rings is 1. The second-order valence-electron chi connectivity index (χ2n) is 5.39. The second-order valence-corrected chi connectivity index (χ2v) is 7.47. The van der Waals surface area contributed by atoms with E-state index in [-0.39, 0.29) is 11.8 Å². The summed E-state index contributed by atoms with van der Waals surface area (Å²) in [5.74, 6) is 1.92. The average Bonchev–Trinajstić information content (AvgIpc) is 2.96. The van der Waals surface area contributed by atoms with Crippen molar-refractivity contribution >= 4 is 50.1 Å². The average molecular weight is 420 g/mol. The molecule has 1 aromatic carbocycles. The number of carbonyl (C=O) groups is 1. The predicted octanol–water partition coefficient (Wildman–Crippen LogP) is 4.43. The summed E-state index contributed by atoms with van der Waals surface area (Å²) in [6.45, 7) is 0. The molecule has 0 aromatic heterocycles. The van der Waals surface area contributed by atoms with Crippen LogP contribution in [0.25, 0.3) is 0 Å². The predicted molar refractivity (Wildman–Crippen MR) is 84.4 cm³/mol. The van der Waals surface area contributed by atoms with E-state index in [4.69, 9.17) is 0 Å². The van der Waals surface area contributed by atoms with Gasteiger partial charge in [-0.1, -0.05) is 22.4 Å². The molecule has 2 saturated carbocycles. The summed E-state index contributed by atoms with van der Waals surface area (Å²) >= 11 is 5.71. The number of anilines is 1. The maximum Gasteiger partial charge on any atom is 0.227 e. The van der Waals surface area contributed by atoms with Crippen molar-refractivity contribution < 1.29 is 4.79 Å². The van der Waals surface area contributed by atoms with E-state index >= 15 is 0 Å². The van der Waals surface area contributed by atoms with Gasteiger partial charge in [0.15, 0.2) is 0 Å². The lowest BCUT2D eigenvalue weighted by Crippen LogP contribution is -2.27. The lowest BCUT2D eigenvalue weighted by atomic mass is 9.88. The molecular weight excluding hydrogens is 405 g/mol. The number of hydrogen-bond acceptors (Lipinski definition) is 1. The SMILES string of the molecule is O=C(Nc1cc(Br)ccc1I)[C@H]1C[C@H]2CC[C@H]1C2. The van der Waals surface area contributed by atoms with Crippen molar-refractivity contribution in [2.75, 3.05) is 5.32 Å². The molecule has 0 spiro atoms. The van der Waals surface area contributed by atoms with Crippen LogP contribution in [0.1, 0.15) is 25.7 Å². The van der Waals surface area contributed by atoms with Crippen LogP contribution in [0, 0.1) is 21.3 Å². The second kappa shape index (κ2) is 5.12. The molecule has 2 aliphatic rings. The van der Waals surface area contributed by atoms with Crippen LogP contribution in [0.3, 0.4) is 0 Å². The summed E-state index contributed by atoms with van der Waals surface area (Å²) in [6, 6.07) is 5.99. The monoisotopic (exact) mass is 419 g/mol. The van der Waals surface area contributed by atoms with Gasteiger partial charge in [-0.2, -0.15) is 0 Å². The van der Waals surface area contributed by atoms with Crippen molar-refractivity contribution in [3.63, 3.8) is 0 Å². The van der Waals surface area contributed by atoms with E-state index in [1.165, 1.54) is 19.3 Å².